The molecule has 0 bridgehead atoms. The zero-order chi connectivity index (χ0) is 13.2. The third-order valence-corrected chi connectivity index (χ3v) is 5.35. The molecule has 2 heterocycles. The molecule has 0 radical (unpaired) electrons. The molecular weight excluding hydrogens is 296 g/mol. The highest BCUT2D eigenvalue weighted by Crippen LogP contribution is 2.25. The van der Waals surface area contributed by atoms with Crippen LogP contribution in [0.15, 0.2) is 26.9 Å². The van der Waals surface area contributed by atoms with Gasteiger partial charge in [-0.25, -0.2) is 13.1 Å². The molecule has 0 spiro atoms. The van der Waals surface area contributed by atoms with Gasteiger partial charge < -0.3 is 4.52 Å². The summed E-state index contributed by atoms with van der Waals surface area (Å²) in [5, 5.41) is 3.78. The number of halogens is 1. The fraction of sp³-hybridized carbons (Fsp3) is 0.300. The number of nitrogens with zero attached hydrogens (tertiary/aromatic N) is 1. The van der Waals surface area contributed by atoms with Crippen LogP contribution in [0.2, 0.25) is 4.34 Å². The molecule has 8 heteroatoms. The van der Waals surface area contributed by atoms with Crippen molar-refractivity contribution in [2.75, 3.05) is 6.54 Å². The van der Waals surface area contributed by atoms with Crippen molar-refractivity contribution in [3.05, 3.63) is 34.0 Å². The van der Waals surface area contributed by atoms with Crippen LogP contribution in [0.25, 0.3) is 0 Å². The minimum atomic E-state index is -3.48. The van der Waals surface area contributed by atoms with Crippen LogP contribution in [0.1, 0.15) is 11.5 Å². The van der Waals surface area contributed by atoms with E-state index >= 15 is 0 Å². The molecule has 0 amide bonds. The molecule has 0 saturated carbocycles. The standard InChI is InChI=1S/C10H11ClN2O3S2/c1-7-6-8(13-16-7)4-5-12-18(14,15)10-3-2-9(11)17-10/h2-3,6,12H,4-5H2,1H3. The largest absolute Gasteiger partial charge is 0.361 e. The Kier molecular flexibility index (Phi) is 4.06. The summed E-state index contributed by atoms with van der Waals surface area (Å²) >= 11 is 6.73. The van der Waals surface area contributed by atoms with Gasteiger partial charge in [0, 0.05) is 19.0 Å². The van der Waals surface area contributed by atoms with Gasteiger partial charge in [-0.3, -0.25) is 0 Å². The molecule has 0 aliphatic rings. The Labute approximate surface area is 114 Å². The first-order valence-corrected chi connectivity index (χ1v) is 7.82. The van der Waals surface area contributed by atoms with Crippen LogP contribution in [0, 0.1) is 6.92 Å². The summed E-state index contributed by atoms with van der Waals surface area (Å²) in [5.41, 5.74) is 0.722. The van der Waals surface area contributed by atoms with E-state index in [4.69, 9.17) is 16.1 Å². The van der Waals surface area contributed by atoms with E-state index in [9.17, 15) is 8.42 Å². The van der Waals surface area contributed by atoms with E-state index < -0.39 is 10.0 Å². The second kappa shape index (κ2) is 5.40. The van der Waals surface area contributed by atoms with Crippen LogP contribution < -0.4 is 4.72 Å². The van der Waals surface area contributed by atoms with Crippen LogP contribution in [-0.2, 0) is 16.4 Å². The highest BCUT2D eigenvalue weighted by atomic mass is 35.5. The Morgan fingerprint density at radius 2 is 2.28 bits per heavy atom. The van der Waals surface area contributed by atoms with Crippen molar-refractivity contribution < 1.29 is 12.9 Å². The number of hydrogen-bond donors (Lipinski definition) is 1. The number of sulfonamides is 1. The van der Waals surface area contributed by atoms with E-state index in [2.05, 4.69) is 9.88 Å². The van der Waals surface area contributed by atoms with Gasteiger partial charge >= 0.3 is 0 Å². The van der Waals surface area contributed by atoms with Gasteiger partial charge in [0.25, 0.3) is 0 Å². The van der Waals surface area contributed by atoms with Gasteiger partial charge in [-0.1, -0.05) is 16.8 Å². The molecule has 0 unspecified atom stereocenters. The van der Waals surface area contributed by atoms with Crippen LogP contribution in [-0.4, -0.2) is 20.1 Å². The SMILES string of the molecule is Cc1cc(CCNS(=O)(=O)c2ccc(Cl)s2)no1. The quantitative estimate of drug-likeness (QED) is 0.919. The molecule has 0 aromatic carbocycles. The van der Waals surface area contributed by atoms with Gasteiger partial charge in [0.15, 0.2) is 0 Å². The van der Waals surface area contributed by atoms with Crippen LogP contribution in [0.5, 0.6) is 0 Å². The molecule has 0 fully saturated rings. The third kappa shape index (κ3) is 3.32. The molecule has 2 aromatic rings. The average Bonchev–Trinajstić information content (AvgIpc) is 2.88. The lowest BCUT2D eigenvalue weighted by molar-refractivity contribution is 0.390. The molecule has 0 saturated heterocycles. The lowest BCUT2D eigenvalue weighted by Crippen LogP contribution is -2.25. The van der Waals surface area contributed by atoms with E-state index in [0.29, 0.717) is 16.5 Å². The summed E-state index contributed by atoms with van der Waals surface area (Å²) in [5.74, 6) is 0.706. The normalized spacial score (nSPS) is 11.9. The predicted octanol–water partition coefficient (Wildman–Crippen LogP) is 2.22. The zero-order valence-electron chi connectivity index (χ0n) is 9.51. The molecular formula is C10H11ClN2O3S2. The summed E-state index contributed by atoms with van der Waals surface area (Å²) in [6.45, 7) is 2.05. The molecule has 0 aliphatic heterocycles. The highest BCUT2D eigenvalue weighted by molar-refractivity contribution is 7.91. The minimum Gasteiger partial charge on any atom is -0.361 e. The number of rotatable bonds is 5. The summed E-state index contributed by atoms with van der Waals surface area (Å²) in [6.07, 6.45) is 0.482. The smallest absolute Gasteiger partial charge is 0.250 e. The molecule has 1 N–H and O–H groups in total. The van der Waals surface area contributed by atoms with E-state index in [-0.39, 0.29) is 10.8 Å². The molecule has 18 heavy (non-hydrogen) atoms. The van der Waals surface area contributed by atoms with Crippen molar-refractivity contribution in [3.63, 3.8) is 0 Å². The number of hydrogen-bond acceptors (Lipinski definition) is 5. The molecule has 5 nitrogen and oxygen atoms in total. The molecule has 0 aliphatic carbocycles. The van der Waals surface area contributed by atoms with Gasteiger partial charge in [-0.15, -0.1) is 11.3 Å². The second-order valence-corrected chi connectivity index (χ2v) is 7.34. The van der Waals surface area contributed by atoms with Crippen molar-refractivity contribution >= 4 is 33.0 Å². The van der Waals surface area contributed by atoms with Crippen LogP contribution >= 0.6 is 22.9 Å². The van der Waals surface area contributed by atoms with Gasteiger partial charge in [0.05, 0.1) is 10.0 Å². The Hall–Kier alpha value is -0.890. The van der Waals surface area contributed by atoms with E-state index in [0.717, 1.165) is 17.0 Å². The molecule has 0 atom stereocenters. The first-order valence-electron chi connectivity index (χ1n) is 5.14. The van der Waals surface area contributed by atoms with E-state index in [1.807, 2.05) is 0 Å². The lowest BCUT2D eigenvalue weighted by Gasteiger charge is -2.02. The molecule has 2 rings (SSSR count). The van der Waals surface area contributed by atoms with E-state index in [1.54, 1.807) is 19.1 Å². The lowest BCUT2D eigenvalue weighted by atomic mass is 10.3. The van der Waals surface area contributed by atoms with Crippen molar-refractivity contribution in [2.45, 2.75) is 17.6 Å². The number of aryl methyl sites for hydroxylation is 1. The van der Waals surface area contributed by atoms with Crippen molar-refractivity contribution in [1.29, 1.82) is 0 Å². The van der Waals surface area contributed by atoms with Crippen LogP contribution in [0.3, 0.4) is 0 Å². The number of nitrogens with one attached hydrogen (secondary N) is 1. The summed E-state index contributed by atoms with van der Waals surface area (Å²) in [7, 11) is -3.48. The highest BCUT2D eigenvalue weighted by Gasteiger charge is 2.16. The van der Waals surface area contributed by atoms with Crippen molar-refractivity contribution in [3.8, 4) is 0 Å². The van der Waals surface area contributed by atoms with Crippen molar-refractivity contribution in [1.82, 2.24) is 9.88 Å². The Morgan fingerprint density at radius 3 is 2.83 bits per heavy atom. The van der Waals surface area contributed by atoms with Gasteiger partial charge in [0.1, 0.15) is 9.97 Å². The minimum absolute atomic E-state index is 0.212. The second-order valence-electron chi connectivity index (χ2n) is 3.64. The van der Waals surface area contributed by atoms with E-state index in [1.165, 1.54) is 6.07 Å². The maximum Gasteiger partial charge on any atom is 0.250 e. The Balaban J connectivity index is 1.93. The van der Waals surface area contributed by atoms with Gasteiger partial charge in [-0.05, 0) is 19.1 Å². The third-order valence-electron chi connectivity index (χ3n) is 2.16. The van der Waals surface area contributed by atoms with Gasteiger partial charge in [-0.2, -0.15) is 0 Å². The topological polar surface area (TPSA) is 72.2 Å². The predicted molar refractivity (Wildman–Crippen MR) is 69.5 cm³/mol. The zero-order valence-corrected chi connectivity index (χ0v) is 11.9. The van der Waals surface area contributed by atoms with Gasteiger partial charge in [0.2, 0.25) is 10.0 Å². The average molecular weight is 307 g/mol. The summed E-state index contributed by atoms with van der Waals surface area (Å²) < 4.78 is 31.7. The maximum absolute atomic E-state index is 11.8. The number of thiophene rings is 1. The summed E-state index contributed by atoms with van der Waals surface area (Å²) in [4.78, 5) is 0. The fourth-order valence-electron chi connectivity index (χ4n) is 1.36. The Morgan fingerprint density at radius 1 is 1.50 bits per heavy atom. The first-order chi connectivity index (χ1) is 8.47. The monoisotopic (exact) mass is 306 g/mol. The first kappa shape index (κ1) is 13.5. The maximum atomic E-state index is 11.8. The summed E-state index contributed by atoms with van der Waals surface area (Å²) in [6, 6.07) is 4.81. The number of aromatic nitrogens is 1. The fourth-order valence-corrected chi connectivity index (χ4v) is 3.92. The van der Waals surface area contributed by atoms with Crippen LogP contribution in [0.4, 0.5) is 0 Å². The molecule has 2 aromatic heterocycles. The van der Waals surface area contributed by atoms with Crippen molar-refractivity contribution in [2.24, 2.45) is 0 Å². The molecule has 98 valence electrons. The Bertz CT molecular complexity index is 633.